The third-order valence-corrected chi connectivity index (χ3v) is 4.54. The monoisotopic (exact) mass is 380 g/mol. The van der Waals surface area contributed by atoms with Gasteiger partial charge in [0.15, 0.2) is 0 Å². The van der Waals surface area contributed by atoms with Crippen LogP contribution in [-0.2, 0) is 11.3 Å². The molecule has 2 amide bonds. The van der Waals surface area contributed by atoms with Crippen molar-refractivity contribution in [3.05, 3.63) is 70.3 Å². The van der Waals surface area contributed by atoms with Crippen molar-refractivity contribution >= 4 is 22.6 Å². The molecule has 7 heteroatoms. The van der Waals surface area contributed by atoms with Crippen molar-refractivity contribution in [1.29, 1.82) is 0 Å². The van der Waals surface area contributed by atoms with Crippen molar-refractivity contribution in [3.8, 4) is 0 Å². The minimum atomic E-state index is -0.474. The molecule has 1 aromatic heterocycles. The molecule has 0 saturated carbocycles. The number of anilines is 1. The van der Waals surface area contributed by atoms with Gasteiger partial charge in [-0.2, -0.15) is 0 Å². The van der Waals surface area contributed by atoms with Crippen molar-refractivity contribution in [2.45, 2.75) is 26.4 Å². The first-order valence-corrected chi connectivity index (χ1v) is 9.13. The second kappa shape index (κ2) is 8.67. The summed E-state index contributed by atoms with van der Waals surface area (Å²) in [7, 11) is 1.58. The highest BCUT2D eigenvalue weighted by molar-refractivity contribution is 5.90. The molecular formula is C21H24N4O3. The zero-order valence-corrected chi connectivity index (χ0v) is 16.2. The van der Waals surface area contributed by atoms with Gasteiger partial charge in [0.2, 0.25) is 0 Å². The smallest absolute Gasteiger partial charge is 0.319 e. The first-order valence-electron chi connectivity index (χ1n) is 9.13. The number of nitrogens with one attached hydrogen (secondary N) is 2. The van der Waals surface area contributed by atoms with Gasteiger partial charge in [-0.3, -0.25) is 9.36 Å². The minimum absolute atomic E-state index is 0.148. The molecule has 1 heterocycles. The predicted molar refractivity (Wildman–Crippen MR) is 110 cm³/mol. The van der Waals surface area contributed by atoms with Crippen molar-refractivity contribution in [2.75, 3.05) is 19.0 Å². The molecule has 1 atom stereocenters. The Morgan fingerprint density at radius 2 is 1.89 bits per heavy atom. The molecule has 3 aromatic rings. The number of methoxy groups -OCH3 is 1. The molecule has 3 rings (SSSR count). The summed E-state index contributed by atoms with van der Waals surface area (Å²) < 4.78 is 6.69. The molecule has 0 unspecified atom stereocenters. The maximum atomic E-state index is 12.9. The number of para-hydroxylation sites is 2. The predicted octanol–water partition coefficient (Wildman–Crippen LogP) is 3.23. The number of aryl methyl sites for hydroxylation is 1. The van der Waals surface area contributed by atoms with Crippen LogP contribution in [0.1, 0.15) is 24.4 Å². The zero-order valence-electron chi connectivity index (χ0n) is 16.2. The lowest BCUT2D eigenvalue weighted by Gasteiger charge is -2.20. The van der Waals surface area contributed by atoms with Gasteiger partial charge < -0.3 is 15.4 Å². The average molecular weight is 380 g/mol. The van der Waals surface area contributed by atoms with Crippen molar-refractivity contribution in [1.82, 2.24) is 14.9 Å². The van der Waals surface area contributed by atoms with Gasteiger partial charge in [-0.25, -0.2) is 9.78 Å². The number of urea groups is 1. The summed E-state index contributed by atoms with van der Waals surface area (Å²) >= 11 is 0. The van der Waals surface area contributed by atoms with Gasteiger partial charge in [0.25, 0.3) is 5.56 Å². The van der Waals surface area contributed by atoms with Gasteiger partial charge in [-0.1, -0.05) is 30.3 Å². The van der Waals surface area contributed by atoms with E-state index in [4.69, 9.17) is 4.74 Å². The highest BCUT2D eigenvalue weighted by Crippen LogP contribution is 2.16. The quantitative estimate of drug-likeness (QED) is 0.687. The molecule has 0 aliphatic carbocycles. The van der Waals surface area contributed by atoms with Crippen molar-refractivity contribution < 1.29 is 9.53 Å². The highest BCUT2D eigenvalue weighted by Gasteiger charge is 2.18. The third kappa shape index (κ3) is 4.20. The maximum absolute atomic E-state index is 12.9. The zero-order chi connectivity index (χ0) is 20.1. The minimum Gasteiger partial charge on any atom is -0.383 e. The number of hydrogen-bond donors (Lipinski definition) is 2. The molecule has 0 bridgehead atoms. The molecule has 28 heavy (non-hydrogen) atoms. The number of rotatable bonds is 6. The van der Waals surface area contributed by atoms with Crippen LogP contribution in [0.25, 0.3) is 10.9 Å². The Bertz CT molecular complexity index is 1050. The van der Waals surface area contributed by atoms with E-state index in [9.17, 15) is 9.59 Å². The van der Waals surface area contributed by atoms with E-state index in [-0.39, 0.29) is 11.6 Å². The number of benzene rings is 2. The lowest BCUT2D eigenvalue weighted by Crippen LogP contribution is -2.36. The van der Waals surface area contributed by atoms with E-state index in [1.54, 1.807) is 30.7 Å². The lowest BCUT2D eigenvalue weighted by molar-refractivity contribution is 0.184. The van der Waals surface area contributed by atoms with Crippen LogP contribution in [0.5, 0.6) is 0 Å². The van der Waals surface area contributed by atoms with E-state index in [0.29, 0.717) is 29.9 Å². The number of ether oxygens (including phenoxy) is 1. The molecule has 0 aliphatic rings. The highest BCUT2D eigenvalue weighted by atomic mass is 16.5. The summed E-state index contributed by atoms with van der Waals surface area (Å²) in [6.07, 6.45) is 0. The van der Waals surface area contributed by atoms with Gasteiger partial charge in [0.05, 0.1) is 30.1 Å². The van der Waals surface area contributed by atoms with Crippen LogP contribution >= 0.6 is 0 Å². The normalized spacial score (nSPS) is 12.0. The van der Waals surface area contributed by atoms with Crippen LogP contribution in [0, 0.1) is 6.92 Å². The molecule has 2 aromatic carbocycles. The summed E-state index contributed by atoms with van der Waals surface area (Å²) in [5.41, 5.74) is 2.15. The number of nitrogens with zero attached hydrogens (tertiary/aromatic N) is 2. The fourth-order valence-electron chi connectivity index (χ4n) is 3.05. The first kappa shape index (κ1) is 19.6. The number of fused-ring (bicyclic) bond motifs is 1. The van der Waals surface area contributed by atoms with Gasteiger partial charge in [-0.15, -0.1) is 0 Å². The molecular weight excluding hydrogens is 356 g/mol. The van der Waals surface area contributed by atoms with E-state index in [1.807, 2.05) is 43.3 Å². The molecule has 0 spiro atoms. The maximum Gasteiger partial charge on any atom is 0.319 e. The fraction of sp³-hybridized carbons (Fsp3) is 0.286. The van der Waals surface area contributed by atoms with Gasteiger partial charge in [0, 0.05) is 12.8 Å². The Morgan fingerprint density at radius 1 is 1.18 bits per heavy atom. The van der Waals surface area contributed by atoms with Crippen LogP contribution in [-0.4, -0.2) is 29.3 Å². The third-order valence-electron chi connectivity index (χ3n) is 4.54. The topological polar surface area (TPSA) is 85.2 Å². The molecule has 0 saturated heterocycles. The van der Waals surface area contributed by atoms with E-state index in [2.05, 4.69) is 15.6 Å². The Kier molecular flexibility index (Phi) is 6.06. The summed E-state index contributed by atoms with van der Waals surface area (Å²) in [5.74, 6) is 0.487. The van der Waals surface area contributed by atoms with Crippen molar-refractivity contribution in [2.24, 2.45) is 0 Å². The standard InChI is InChI=1S/C21H24N4O3/c1-14-8-4-6-10-17(14)24-21(27)22-15(2)19-23-18-11-7-5-9-16(18)20(26)25(19)12-13-28-3/h4-11,15H,12-13H2,1-3H3,(H2,22,24,27)/t15-/m1/s1. The molecule has 0 aliphatic heterocycles. The van der Waals surface area contributed by atoms with Gasteiger partial charge in [-0.05, 0) is 37.6 Å². The number of carbonyl (C=O) groups excluding carboxylic acids is 1. The molecule has 146 valence electrons. The average Bonchev–Trinajstić information content (AvgIpc) is 2.69. The first-order chi connectivity index (χ1) is 13.5. The summed E-state index contributed by atoms with van der Waals surface area (Å²) in [6, 6.07) is 13.9. The van der Waals surface area contributed by atoms with E-state index >= 15 is 0 Å². The van der Waals surface area contributed by atoms with E-state index < -0.39 is 6.04 Å². The fourth-order valence-corrected chi connectivity index (χ4v) is 3.05. The van der Waals surface area contributed by atoms with E-state index in [0.717, 1.165) is 11.3 Å². The second-order valence-corrected chi connectivity index (χ2v) is 6.57. The van der Waals surface area contributed by atoms with Crippen LogP contribution in [0.2, 0.25) is 0 Å². The molecule has 0 fully saturated rings. The number of aromatic nitrogens is 2. The SMILES string of the molecule is COCCn1c([C@@H](C)NC(=O)Nc2ccccc2C)nc2ccccc2c1=O. The number of amides is 2. The summed E-state index contributed by atoms with van der Waals surface area (Å²) in [5, 5.41) is 6.24. The summed E-state index contributed by atoms with van der Waals surface area (Å²) in [6.45, 7) is 4.45. The largest absolute Gasteiger partial charge is 0.383 e. The molecule has 7 nitrogen and oxygen atoms in total. The van der Waals surface area contributed by atoms with Crippen LogP contribution in [0.15, 0.2) is 53.3 Å². The van der Waals surface area contributed by atoms with Crippen LogP contribution in [0.3, 0.4) is 0 Å². The molecule has 2 N–H and O–H groups in total. The number of hydrogen-bond acceptors (Lipinski definition) is 4. The Morgan fingerprint density at radius 3 is 2.64 bits per heavy atom. The molecule has 0 radical (unpaired) electrons. The van der Waals surface area contributed by atoms with Gasteiger partial charge in [0.1, 0.15) is 5.82 Å². The Hall–Kier alpha value is -3.19. The van der Waals surface area contributed by atoms with Crippen LogP contribution in [0.4, 0.5) is 10.5 Å². The van der Waals surface area contributed by atoms with Crippen LogP contribution < -0.4 is 16.2 Å². The summed E-state index contributed by atoms with van der Waals surface area (Å²) in [4.78, 5) is 30.0. The number of carbonyl (C=O) groups is 1. The van der Waals surface area contributed by atoms with Gasteiger partial charge >= 0.3 is 6.03 Å². The lowest BCUT2D eigenvalue weighted by atomic mass is 10.2. The Balaban J connectivity index is 1.89. The second-order valence-electron chi connectivity index (χ2n) is 6.57. The van der Waals surface area contributed by atoms with Crippen molar-refractivity contribution in [3.63, 3.8) is 0 Å². The Labute approximate surface area is 163 Å². The van der Waals surface area contributed by atoms with E-state index in [1.165, 1.54) is 0 Å².